The number of carbonyl (C=O) groups excluding carboxylic acids is 2. The number of nitrogens with two attached hydrogens (primary N) is 1. The summed E-state index contributed by atoms with van der Waals surface area (Å²) in [5, 5.41) is 0. The van der Waals surface area contributed by atoms with Gasteiger partial charge in [-0.2, -0.15) is 0 Å². The number of furan rings is 1. The van der Waals surface area contributed by atoms with Gasteiger partial charge in [0.1, 0.15) is 17.1 Å². The van der Waals surface area contributed by atoms with Crippen LogP contribution < -0.4 is 5.73 Å². The number of rotatable bonds is 3. The average molecular weight is 211 g/mol. The number of hydrogen-bond donors (Lipinski definition) is 1. The summed E-state index contributed by atoms with van der Waals surface area (Å²) in [6.07, 6.45) is -0.938. The van der Waals surface area contributed by atoms with E-state index in [2.05, 4.69) is 0 Å². The second-order valence-electron chi connectivity index (χ2n) is 3.28. The molecule has 2 N–H and O–H groups in total. The lowest BCUT2D eigenvalue weighted by atomic mass is 10.2. The fraction of sp³-hybridized carbons (Fsp3) is 0.400. The van der Waals surface area contributed by atoms with Crippen molar-refractivity contribution in [2.45, 2.75) is 26.9 Å². The van der Waals surface area contributed by atoms with Crippen LogP contribution in [0.5, 0.6) is 0 Å². The topological polar surface area (TPSA) is 82.5 Å². The maximum Gasteiger partial charge on any atom is 0.342 e. The number of hydrogen-bond acceptors (Lipinski definition) is 4. The third-order valence-corrected chi connectivity index (χ3v) is 1.95. The molecule has 0 radical (unpaired) electrons. The largest absolute Gasteiger partial charge is 0.466 e. The second kappa shape index (κ2) is 4.16. The Morgan fingerprint density at radius 1 is 1.47 bits per heavy atom. The van der Waals surface area contributed by atoms with Crippen LogP contribution in [0, 0.1) is 13.8 Å². The quantitative estimate of drug-likeness (QED) is 0.754. The van der Waals surface area contributed by atoms with Crippen molar-refractivity contribution in [1.82, 2.24) is 0 Å². The Labute approximate surface area is 87.2 Å². The molecule has 1 heterocycles. The maximum atomic E-state index is 11.5. The number of primary amides is 1. The number of carbonyl (C=O) groups is 2. The predicted molar refractivity (Wildman–Crippen MR) is 52.3 cm³/mol. The van der Waals surface area contributed by atoms with Crippen LogP contribution in [-0.4, -0.2) is 18.0 Å². The molecule has 1 rings (SSSR count). The number of aryl methyl sites for hydroxylation is 2. The van der Waals surface area contributed by atoms with E-state index in [1.807, 2.05) is 0 Å². The zero-order valence-corrected chi connectivity index (χ0v) is 8.87. The van der Waals surface area contributed by atoms with Crippen LogP contribution in [0.15, 0.2) is 10.5 Å². The summed E-state index contributed by atoms with van der Waals surface area (Å²) < 4.78 is 9.98. The van der Waals surface area contributed by atoms with Gasteiger partial charge in [-0.1, -0.05) is 0 Å². The summed E-state index contributed by atoms with van der Waals surface area (Å²) in [5.74, 6) is -0.197. The summed E-state index contributed by atoms with van der Waals surface area (Å²) in [4.78, 5) is 22.2. The standard InChI is InChI=1S/C10H13NO4/c1-5-4-8(6(2)14-5)10(13)15-7(3)9(11)12/h4,7H,1-3H3,(H2,11,12)/t7-/m0/s1. The van der Waals surface area contributed by atoms with Crippen molar-refractivity contribution in [3.05, 3.63) is 23.2 Å². The fourth-order valence-corrected chi connectivity index (χ4v) is 1.12. The molecule has 0 fully saturated rings. The van der Waals surface area contributed by atoms with Crippen LogP contribution in [-0.2, 0) is 9.53 Å². The lowest BCUT2D eigenvalue weighted by molar-refractivity contribution is -0.125. The summed E-state index contributed by atoms with van der Waals surface area (Å²) in [6, 6.07) is 1.56. The summed E-state index contributed by atoms with van der Waals surface area (Å²) in [7, 11) is 0. The molecule has 15 heavy (non-hydrogen) atoms. The molecule has 1 aromatic heterocycles. The second-order valence-corrected chi connectivity index (χ2v) is 3.28. The van der Waals surface area contributed by atoms with E-state index in [1.165, 1.54) is 6.92 Å². The monoisotopic (exact) mass is 211 g/mol. The first-order valence-electron chi connectivity index (χ1n) is 4.49. The first-order valence-corrected chi connectivity index (χ1v) is 4.49. The van der Waals surface area contributed by atoms with Crippen molar-refractivity contribution in [2.24, 2.45) is 5.73 Å². The van der Waals surface area contributed by atoms with Gasteiger partial charge in [0.05, 0.1) is 0 Å². The summed E-state index contributed by atoms with van der Waals surface area (Å²) >= 11 is 0. The molecule has 0 aliphatic heterocycles. The van der Waals surface area contributed by atoms with Gasteiger partial charge in [0.25, 0.3) is 5.91 Å². The third-order valence-electron chi connectivity index (χ3n) is 1.95. The molecule has 0 saturated heterocycles. The molecular formula is C10H13NO4. The van der Waals surface area contributed by atoms with Gasteiger partial charge in [-0.25, -0.2) is 4.79 Å². The van der Waals surface area contributed by atoms with Crippen LogP contribution in [0.3, 0.4) is 0 Å². The molecule has 1 amide bonds. The Kier molecular flexibility index (Phi) is 3.14. The number of amides is 1. The minimum absolute atomic E-state index is 0.320. The van der Waals surface area contributed by atoms with E-state index in [9.17, 15) is 9.59 Å². The SMILES string of the molecule is Cc1cc(C(=O)O[C@@H](C)C(N)=O)c(C)o1. The fourth-order valence-electron chi connectivity index (χ4n) is 1.12. The van der Waals surface area contributed by atoms with Gasteiger partial charge in [-0.15, -0.1) is 0 Å². The smallest absolute Gasteiger partial charge is 0.342 e. The molecule has 82 valence electrons. The van der Waals surface area contributed by atoms with E-state index in [-0.39, 0.29) is 0 Å². The van der Waals surface area contributed by atoms with Gasteiger partial charge in [0, 0.05) is 0 Å². The molecular weight excluding hydrogens is 198 g/mol. The van der Waals surface area contributed by atoms with Crippen molar-refractivity contribution in [3.8, 4) is 0 Å². The van der Waals surface area contributed by atoms with Crippen LogP contribution in [0.1, 0.15) is 28.8 Å². The first kappa shape index (κ1) is 11.3. The van der Waals surface area contributed by atoms with E-state index in [0.717, 1.165) is 0 Å². The Bertz CT molecular complexity index is 394. The Morgan fingerprint density at radius 3 is 2.47 bits per heavy atom. The lowest BCUT2D eigenvalue weighted by Gasteiger charge is -2.08. The lowest BCUT2D eigenvalue weighted by Crippen LogP contribution is -2.30. The van der Waals surface area contributed by atoms with Gasteiger partial charge < -0.3 is 14.9 Å². The minimum atomic E-state index is -0.938. The van der Waals surface area contributed by atoms with E-state index in [1.54, 1.807) is 19.9 Å². The highest BCUT2D eigenvalue weighted by Gasteiger charge is 2.19. The molecule has 1 aromatic rings. The number of ether oxygens (including phenoxy) is 1. The average Bonchev–Trinajstić information content (AvgIpc) is 2.44. The summed E-state index contributed by atoms with van der Waals surface area (Å²) in [5.41, 5.74) is 5.29. The van der Waals surface area contributed by atoms with E-state index in [0.29, 0.717) is 17.1 Å². The van der Waals surface area contributed by atoms with Crippen LogP contribution in [0.2, 0.25) is 0 Å². The van der Waals surface area contributed by atoms with Crippen molar-refractivity contribution >= 4 is 11.9 Å². The van der Waals surface area contributed by atoms with Crippen molar-refractivity contribution < 1.29 is 18.7 Å². The zero-order chi connectivity index (χ0) is 11.6. The minimum Gasteiger partial charge on any atom is -0.466 e. The Morgan fingerprint density at radius 2 is 2.07 bits per heavy atom. The molecule has 5 nitrogen and oxygen atoms in total. The maximum absolute atomic E-state index is 11.5. The molecule has 0 aliphatic rings. The van der Waals surface area contributed by atoms with Gasteiger partial charge >= 0.3 is 5.97 Å². The highest BCUT2D eigenvalue weighted by molar-refractivity contribution is 5.92. The van der Waals surface area contributed by atoms with Gasteiger partial charge in [-0.3, -0.25) is 4.79 Å². The zero-order valence-electron chi connectivity index (χ0n) is 8.87. The van der Waals surface area contributed by atoms with Crippen molar-refractivity contribution in [3.63, 3.8) is 0 Å². The van der Waals surface area contributed by atoms with E-state index >= 15 is 0 Å². The molecule has 0 saturated carbocycles. The Balaban J connectivity index is 2.77. The Hall–Kier alpha value is -1.78. The first-order chi connectivity index (χ1) is 6.91. The van der Waals surface area contributed by atoms with Crippen LogP contribution >= 0.6 is 0 Å². The van der Waals surface area contributed by atoms with Gasteiger partial charge in [0.2, 0.25) is 0 Å². The molecule has 0 bridgehead atoms. The van der Waals surface area contributed by atoms with Crippen molar-refractivity contribution in [1.29, 1.82) is 0 Å². The number of esters is 1. The van der Waals surface area contributed by atoms with Gasteiger partial charge in [0.15, 0.2) is 6.10 Å². The molecule has 1 atom stereocenters. The van der Waals surface area contributed by atoms with Crippen LogP contribution in [0.25, 0.3) is 0 Å². The molecule has 0 spiro atoms. The molecule has 0 aromatic carbocycles. The molecule has 0 aliphatic carbocycles. The van der Waals surface area contributed by atoms with Gasteiger partial charge in [-0.05, 0) is 26.8 Å². The predicted octanol–water partition coefficient (Wildman–Crippen LogP) is 0.927. The summed E-state index contributed by atoms with van der Waals surface area (Å²) in [6.45, 7) is 4.79. The molecule has 5 heteroatoms. The normalized spacial score (nSPS) is 12.2. The van der Waals surface area contributed by atoms with E-state index < -0.39 is 18.0 Å². The molecule has 0 unspecified atom stereocenters. The van der Waals surface area contributed by atoms with Crippen LogP contribution in [0.4, 0.5) is 0 Å². The highest BCUT2D eigenvalue weighted by Crippen LogP contribution is 2.15. The van der Waals surface area contributed by atoms with Crippen molar-refractivity contribution in [2.75, 3.05) is 0 Å². The van der Waals surface area contributed by atoms with E-state index in [4.69, 9.17) is 14.9 Å². The third kappa shape index (κ3) is 2.59. The highest BCUT2D eigenvalue weighted by atomic mass is 16.5.